The van der Waals surface area contributed by atoms with Crippen LogP contribution in [0.2, 0.25) is 0 Å². The molecule has 0 aromatic carbocycles. The van der Waals surface area contributed by atoms with E-state index in [1.165, 1.54) is 0 Å². The molecule has 3 atom stereocenters. The van der Waals surface area contributed by atoms with Gasteiger partial charge in [-0.3, -0.25) is 4.79 Å². The molecule has 1 amide bonds. The molecule has 1 saturated carbocycles. The van der Waals surface area contributed by atoms with Gasteiger partial charge in [-0.2, -0.15) is 0 Å². The second-order valence-electron chi connectivity index (χ2n) is 5.76. The first-order valence-corrected chi connectivity index (χ1v) is 6.57. The van der Waals surface area contributed by atoms with E-state index in [1.807, 2.05) is 20.8 Å². The van der Waals surface area contributed by atoms with Crippen molar-refractivity contribution >= 4 is 5.91 Å². The third-order valence-electron chi connectivity index (χ3n) is 4.41. The minimum Gasteiger partial charge on any atom is -0.396 e. The summed E-state index contributed by atoms with van der Waals surface area (Å²) in [5, 5.41) is 12.1. The molecule has 4 nitrogen and oxygen atoms in total. The van der Waals surface area contributed by atoms with Crippen molar-refractivity contribution in [1.29, 1.82) is 0 Å². The molecule has 0 radical (unpaired) electrons. The van der Waals surface area contributed by atoms with Crippen LogP contribution in [-0.2, 0) is 4.79 Å². The Labute approximate surface area is 104 Å². The van der Waals surface area contributed by atoms with E-state index in [-0.39, 0.29) is 24.1 Å². The van der Waals surface area contributed by atoms with Crippen molar-refractivity contribution in [2.45, 2.75) is 64.5 Å². The molecule has 1 aliphatic rings. The molecule has 100 valence electrons. The summed E-state index contributed by atoms with van der Waals surface area (Å²) in [6.45, 7) is 6.04. The van der Waals surface area contributed by atoms with Gasteiger partial charge >= 0.3 is 0 Å². The molecule has 3 unspecified atom stereocenters. The molecule has 4 N–H and O–H groups in total. The van der Waals surface area contributed by atoms with Crippen LogP contribution in [0.3, 0.4) is 0 Å². The third-order valence-corrected chi connectivity index (χ3v) is 4.41. The molecule has 0 aromatic heterocycles. The Kier molecular flexibility index (Phi) is 4.55. The van der Waals surface area contributed by atoms with Crippen LogP contribution in [0.4, 0.5) is 0 Å². The monoisotopic (exact) mass is 242 g/mol. The number of aliphatic hydroxyl groups is 1. The minimum atomic E-state index is -0.439. The highest BCUT2D eigenvalue weighted by Gasteiger charge is 2.44. The molecular formula is C13H26N2O2. The third kappa shape index (κ3) is 2.99. The van der Waals surface area contributed by atoms with Crippen LogP contribution in [0.25, 0.3) is 0 Å². The predicted molar refractivity (Wildman–Crippen MR) is 68.5 cm³/mol. The summed E-state index contributed by atoms with van der Waals surface area (Å²) in [5.74, 6) is 0.0419. The quantitative estimate of drug-likeness (QED) is 0.677. The normalized spacial score (nSPS) is 32.2. The van der Waals surface area contributed by atoms with Crippen molar-refractivity contribution in [2.75, 3.05) is 6.61 Å². The highest BCUT2D eigenvalue weighted by Crippen LogP contribution is 2.37. The second kappa shape index (κ2) is 5.36. The SMILES string of the molecule is CCC(C)(CCO)NC(=O)C1(C)CCCC1N. The van der Waals surface area contributed by atoms with E-state index in [2.05, 4.69) is 5.32 Å². The van der Waals surface area contributed by atoms with Gasteiger partial charge in [-0.15, -0.1) is 0 Å². The maximum atomic E-state index is 12.4. The van der Waals surface area contributed by atoms with Crippen LogP contribution in [0.5, 0.6) is 0 Å². The molecular weight excluding hydrogens is 216 g/mol. The maximum Gasteiger partial charge on any atom is 0.227 e. The number of nitrogens with one attached hydrogen (secondary N) is 1. The van der Waals surface area contributed by atoms with Gasteiger partial charge in [0, 0.05) is 18.2 Å². The largest absolute Gasteiger partial charge is 0.396 e. The number of hydrogen-bond acceptors (Lipinski definition) is 3. The van der Waals surface area contributed by atoms with E-state index in [4.69, 9.17) is 10.8 Å². The molecule has 0 spiro atoms. The summed E-state index contributed by atoms with van der Waals surface area (Å²) in [4.78, 5) is 12.4. The summed E-state index contributed by atoms with van der Waals surface area (Å²) >= 11 is 0. The van der Waals surface area contributed by atoms with Gasteiger partial charge in [0.05, 0.1) is 5.41 Å². The summed E-state index contributed by atoms with van der Waals surface area (Å²) in [6.07, 6.45) is 4.20. The van der Waals surface area contributed by atoms with Gasteiger partial charge in [0.25, 0.3) is 0 Å². The van der Waals surface area contributed by atoms with Crippen molar-refractivity contribution < 1.29 is 9.90 Å². The number of carbonyl (C=O) groups is 1. The number of nitrogens with two attached hydrogens (primary N) is 1. The Hall–Kier alpha value is -0.610. The van der Waals surface area contributed by atoms with Crippen LogP contribution in [0.1, 0.15) is 52.9 Å². The number of carbonyl (C=O) groups excluding carboxylic acids is 1. The first-order valence-electron chi connectivity index (χ1n) is 6.57. The van der Waals surface area contributed by atoms with Crippen LogP contribution in [-0.4, -0.2) is 29.2 Å². The summed E-state index contributed by atoms with van der Waals surface area (Å²) in [5.41, 5.74) is 5.28. The maximum absolute atomic E-state index is 12.4. The molecule has 4 heteroatoms. The molecule has 0 heterocycles. The molecule has 0 aromatic rings. The van der Waals surface area contributed by atoms with Crippen LogP contribution < -0.4 is 11.1 Å². The number of aliphatic hydroxyl groups excluding tert-OH is 1. The molecule has 1 rings (SSSR count). The smallest absolute Gasteiger partial charge is 0.227 e. The molecule has 17 heavy (non-hydrogen) atoms. The van der Waals surface area contributed by atoms with Gasteiger partial charge < -0.3 is 16.2 Å². The summed E-state index contributed by atoms with van der Waals surface area (Å²) < 4.78 is 0. The van der Waals surface area contributed by atoms with Crippen LogP contribution >= 0.6 is 0 Å². The lowest BCUT2D eigenvalue weighted by atomic mass is 9.82. The lowest BCUT2D eigenvalue weighted by Crippen LogP contribution is -2.55. The average Bonchev–Trinajstić information content (AvgIpc) is 2.61. The topological polar surface area (TPSA) is 75.3 Å². The summed E-state index contributed by atoms with van der Waals surface area (Å²) in [6, 6.07) is -0.0438. The van der Waals surface area contributed by atoms with Crippen molar-refractivity contribution in [2.24, 2.45) is 11.1 Å². The predicted octanol–water partition coefficient (Wildman–Crippen LogP) is 1.17. The molecule has 0 bridgehead atoms. The molecule has 1 aliphatic carbocycles. The fourth-order valence-corrected chi connectivity index (χ4v) is 2.47. The molecule has 0 aliphatic heterocycles. The lowest BCUT2D eigenvalue weighted by molar-refractivity contribution is -0.132. The van der Waals surface area contributed by atoms with Crippen molar-refractivity contribution in [1.82, 2.24) is 5.32 Å². The van der Waals surface area contributed by atoms with Gasteiger partial charge in [0.15, 0.2) is 0 Å². The highest BCUT2D eigenvalue weighted by molar-refractivity contribution is 5.84. The lowest BCUT2D eigenvalue weighted by Gasteiger charge is -2.35. The molecule has 0 saturated heterocycles. The van der Waals surface area contributed by atoms with E-state index in [0.717, 1.165) is 25.7 Å². The van der Waals surface area contributed by atoms with Crippen molar-refractivity contribution in [3.63, 3.8) is 0 Å². The van der Waals surface area contributed by atoms with E-state index < -0.39 is 5.41 Å². The minimum absolute atomic E-state index is 0.0419. The van der Waals surface area contributed by atoms with E-state index in [9.17, 15) is 4.79 Å². The van der Waals surface area contributed by atoms with Gasteiger partial charge in [-0.25, -0.2) is 0 Å². The Morgan fingerprint density at radius 1 is 1.65 bits per heavy atom. The van der Waals surface area contributed by atoms with Gasteiger partial charge in [-0.05, 0) is 39.5 Å². The fourth-order valence-electron chi connectivity index (χ4n) is 2.47. The Morgan fingerprint density at radius 3 is 2.71 bits per heavy atom. The molecule has 1 fully saturated rings. The van der Waals surface area contributed by atoms with Gasteiger partial charge in [-0.1, -0.05) is 13.3 Å². The Balaban J connectivity index is 2.70. The fraction of sp³-hybridized carbons (Fsp3) is 0.923. The summed E-state index contributed by atoms with van der Waals surface area (Å²) in [7, 11) is 0. The number of amides is 1. The Bertz CT molecular complexity index is 283. The van der Waals surface area contributed by atoms with Crippen molar-refractivity contribution in [3.8, 4) is 0 Å². The highest BCUT2D eigenvalue weighted by atomic mass is 16.3. The first kappa shape index (κ1) is 14.5. The van der Waals surface area contributed by atoms with Crippen LogP contribution in [0, 0.1) is 5.41 Å². The zero-order valence-corrected chi connectivity index (χ0v) is 11.3. The second-order valence-corrected chi connectivity index (χ2v) is 5.76. The zero-order valence-electron chi connectivity index (χ0n) is 11.3. The van der Waals surface area contributed by atoms with Crippen LogP contribution in [0.15, 0.2) is 0 Å². The van der Waals surface area contributed by atoms with E-state index in [1.54, 1.807) is 0 Å². The van der Waals surface area contributed by atoms with Gasteiger partial charge in [0.1, 0.15) is 0 Å². The first-order chi connectivity index (χ1) is 7.88. The number of hydrogen-bond donors (Lipinski definition) is 3. The van der Waals surface area contributed by atoms with E-state index >= 15 is 0 Å². The van der Waals surface area contributed by atoms with E-state index in [0.29, 0.717) is 6.42 Å². The standard InChI is InChI=1S/C13H26N2O2/c1-4-12(2,8-9-16)15-11(17)13(3)7-5-6-10(13)14/h10,16H,4-9,14H2,1-3H3,(H,15,17). The zero-order chi connectivity index (χ0) is 13.1. The Morgan fingerprint density at radius 2 is 2.29 bits per heavy atom. The average molecular weight is 242 g/mol. The van der Waals surface area contributed by atoms with Crippen molar-refractivity contribution in [3.05, 3.63) is 0 Å². The number of rotatable bonds is 5. The van der Waals surface area contributed by atoms with Gasteiger partial charge in [0.2, 0.25) is 5.91 Å².